The maximum absolute atomic E-state index is 12.5. The second kappa shape index (κ2) is 17.7. The number of esters is 4. The predicted octanol–water partition coefficient (Wildman–Crippen LogP) is 5.25. The molecule has 0 N–H and O–H groups in total. The van der Waals surface area contributed by atoms with Crippen molar-refractivity contribution in [2.75, 3.05) is 28.4 Å². The topological polar surface area (TPSA) is 218 Å². The molecule has 0 aliphatic rings. The Hall–Kier alpha value is -8.54. The number of para-hydroxylation sites is 2. The zero-order valence-electron chi connectivity index (χ0n) is 32.3. The van der Waals surface area contributed by atoms with Gasteiger partial charge in [-0.1, -0.05) is 60.7 Å². The first kappa shape index (κ1) is 39.7. The van der Waals surface area contributed by atoms with Crippen molar-refractivity contribution in [1.82, 2.24) is 49.9 Å². The smallest absolute Gasteiger partial charge is 0.359 e. The van der Waals surface area contributed by atoms with Crippen LogP contribution in [0.3, 0.4) is 0 Å². The molecule has 4 aromatic heterocycles. The fourth-order valence-electron chi connectivity index (χ4n) is 5.71. The van der Waals surface area contributed by atoms with E-state index in [0.29, 0.717) is 45.8 Å². The molecule has 0 aliphatic carbocycles. The zero-order chi connectivity index (χ0) is 42.2. The second-order valence-corrected chi connectivity index (χ2v) is 12.4. The third-order valence-electron chi connectivity index (χ3n) is 8.68. The van der Waals surface area contributed by atoms with Gasteiger partial charge in [0.2, 0.25) is 0 Å². The van der Waals surface area contributed by atoms with Crippen LogP contribution >= 0.6 is 0 Å². The lowest BCUT2D eigenvalue weighted by atomic mass is 10.1. The van der Waals surface area contributed by atoms with Gasteiger partial charge < -0.3 is 18.9 Å². The van der Waals surface area contributed by atoms with Crippen molar-refractivity contribution in [3.8, 4) is 34.2 Å². The van der Waals surface area contributed by atoms with Crippen molar-refractivity contribution in [3.05, 3.63) is 143 Å². The van der Waals surface area contributed by atoms with Gasteiger partial charge >= 0.3 is 23.9 Å². The fraction of sp³-hybridized carbons (Fsp3) is 0.0952. The first-order valence-electron chi connectivity index (χ1n) is 17.8. The Morgan fingerprint density at radius 3 is 1.18 bits per heavy atom. The maximum atomic E-state index is 12.5. The Balaban J connectivity index is 1.25. The van der Waals surface area contributed by atoms with E-state index >= 15 is 0 Å². The van der Waals surface area contributed by atoms with Gasteiger partial charge in [0.1, 0.15) is 0 Å². The molecule has 0 amide bonds. The Labute approximate surface area is 340 Å². The number of nitrogens with zero attached hydrogens (tertiary/aromatic N) is 10. The summed E-state index contributed by atoms with van der Waals surface area (Å²) in [5, 5.41) is 25.0. The Kier molecular flexibility index (Phi) is 11.7. The third kappa shape index (κ3) is 8.42. The molecular formula is C42H32N10O8. The van der Waals surface area contributed by atoms with Crippen molar-refractivity contribution in [1.29, 1.82) is 0 Å². The van der Waals surface area contributed by atoms with E-state index in [-0.39, 0.29) is 33.9 Å². The number of hydrogen-bond donors (Lipinski definition) is 0. The lowest BCUT2D eigenvalue weighted by molar-refractivity contribution is 0.0573. The van der Waals surface area contributed by atoms with Gasteiger partial charge in [0, 0.05) is 22.3 Å². The highest BCUT2D eigenvalue weighted by Crippen LogP contribution is 2.26. The average Bonchev–Trinajstić information content (AvgIpc) is 3.94. The van der Waals surface area contributed by atoms with Crippen molar-refractivity contribution in [3.63, 3.8) is 0 Å². The summed E-state index contributed by atoms with van der Waals surface area (Å²) in [5.41, 5.74) is 2.82. The van der Waals surface area contributed by atoms with E-state index in [4.69, 9.17) is 39.1 Å². The van der Waals surface area contributed by atoms with Gasteiger partial charge in [-0.3, -0.25) is 0 Å². The fourth-order valence-corrected chi connectivity index (χ4v) is 5.71. The van der Waals surface area contributed by atoms with Crippen molar-refractivity contribution in [2.24, 2.45) is 0 Å². The molecule has 4 heterocycles. The van der Waals surface area contributed by atoms with Crippen LogP contribution in [0.5, 0.6) is 0 Å². The van der Waals surface area contributed by atoms with Crippen LogP contribution in [0.1, 0.15) is 64.7 Å². The van der Waals surface area contributed by atoms with Crippen molar-refractivity contribution < 1.29 is 38.1 Å². The molecule has 18 heteroatoms. The maximum Gasteiger partial charge on any atom is 0.359 e. The molecule has 7 rings (SSSR count). The summed E-state index contributed by atoms with van der Waals surface area (Å²) in [5.74, 6) is -1.40. The van der Waals surface area contributed by atoms with Gasteiger partial charge in [0.05, 0.1) is 39.8 Å². The molecule has 0 unspecified atom stereocenters. The van der Waals surface area contributed by atoms with Crippen LogP contribution < -0.4 is 0 Å². The van der Waals surface area contributed by atoms with Crippen LogP contribution in [0.25, 0.3) is 58.5 Å². The summed E-state index contributed by atoms with van der Waals surface area (Å²) in [7, 11) is 4.85. The quantitative estimate of drug-likeness (QED) is 0.114. The number of aromatic nitrogens is 10. The minimum Gasteiger partial charge on any atom is -0.464 e. The Morgan fingerprint density at radius 1 is 0.467 bits per heavy atom. The second-order valence-electron chi connectivity index (χ2n) is 12.4. The molecule has 0 saturated carbocycles. The van der Waals surface area contributed by atoms with Crippen LogP contribution in [-0.2, 0) is 18.9 Å². The SMILES string of the molecule is COC(=O)c1cc(/C=C/c2nc(-c3ccc(-c4nc(/C=C/c5cc(C(=O)OC)nnc5C(=O)OC)n(-c5ccccc5)n4)cc3)nn2-c2ccccc2)c(C(=O)OC)nn1. The highest BCUT2D eigenvalue weighted by atomic mass is 16.5. The third-order valence-corrected chi connectivity index (χ3v) is 8.68. The van der Waals surface area contributed by atoms with Crippen molar-refractivity contribution >= 4 is 48.2 Å². The first-order chi connectivity index (χ1) is 29.2. The first-order valence-corrected chi connectivity index (χ1v) is 17.8. The summed E-state index contributed by atoms with van der Waals surface area (Å²) in [6.07, 6.45) is 6.38. The molecule has 7 aromatic rings. The molecule has 60 heavy (non-hydrogen) atoms. The average molecular weight is 805 g/mol. The number of methoxy groups -OCH3 is 4. The standard InChI is InChI=1S/C42H32N10O8/c1-57-39(53)31-23-27(35(47-45-31)41(55)59-3)19-21-33-43-37(49-51(33)29-11-7-5-8-12-29)25-15-17-26(18-16-25)38-44-34(52(50-38)30-13-9-6-10-14-30)22-20-28-24-32(40(54)58-2)46-48-36(28)42(56)60-4/h5-24H,1-4H3/b21-19+,22-20+. The van der Waals surface area contributed by atoms with E-state index in [1.54, 1.807) is 33.7 Å². The van der Waals surface area contributed by atoms with Gasteiger partial charge in [0.15, 0.2) is 46.1 Å². The molecule has 298 valence electrons. The van der Waals surface area contributed by atoms with Crippen LogP contribution in [0, 0.1) is 0 Å². The van der Waals surface area contributed by atoms with Gasteiger partial charge in [-0.05, 0) is 60.7 Å². The minimum atomic E-state index is -0.747. The number of rotatable bonds is 12. The van der Waals surface area contributed by atoms with E-state index in [1.807, 2.05) is 84.9 Å². The number of ether oxygens (including phenoxy) is 4. The van der Waals surface area contributed by atoms with Gasteiger partial charge in [-0.2, -0.15) is 0 Å². The van der Waals surface area contributed by atoms with Gasteiger partial charge in [0.25, 0.3) is 0 Å². The summed E-state index contributed by atoms with van der Waals surface area (Å²) >= 11 is 0. The Morgan fingerprint density at radius 2 is 0.833 bits per heavy atom. The van der Waals surface area contributed by atoms with E-state index in [1.165, 1.54) is 40.6 Å². The molecule has 3 aromatic carbocycles. The van der Waals surface area contributed by atoms with E-state index in [0.717, 1.165) is 0 Å². The van der Waals surface area contributed by atoms with Crippen LogP contribution in [0.15, 0.2) is 97.1 Å². The molecular weight excluding hydrogens is 773 g/mol. The summed E-state index contributed by atoms with van der Waals surface area (Å²) in [4.78, 5) is 59.1. The molecule has 0 bridgehead atoms. The number of carbonyl (C=O) groups is 4. The molecule has 0 spiro atoms. The number of benzene rings is 3. The molecule has 18 nitrogen and oxygen atoms in total. The highest BCUT2D eigenvalue weighted by Gasteiger charge is 2.21. The van der Waals surface area contributed by atoms with Crippen LogP contribution in [-0.4, -0.2) is 102 Å². The van der Waals surface area contributed by atoms with Crippen molar-refractivity contribution in [2.45, 2.75) is 0 Å². The minimum absolute atomic E-state index is 0.102. The van der Waals surface area contributed by atoms with Gasteiger partial charge in [-0.15, -0.1) is 30.6 Å². The largest absolute Gasteiger partial charge is 0.464 e. The Bertz CT molecular complexity index is 2590. The van der Waals surface area contributed by atoms with E-state index in [2.05, 4.69) is 20.4 Å². The normalized spacial score (nSPS) is 11.1. The number of carbonyl (C=O) groups excluding carboxylic acids is 4. The summed E-state index contributed by atoms with van der Waals surface area (Å²) < 4.78 is 22.6. The van der Waals surface area contributed by atoms with Gasteiger partial charge in [-0.25, -0.2) is 38.5 Å². The molecule has 0 radical (unpaired) electrons. The van der Waals surface area contributed by atoms with Crippen LogP contribution in [0.2, 0.25) is 0 Å². The van der Waals surface area contributed by atoms with Crippen LogP contribution in [0.4, 0.5) is 0 Å². The monoisotopic (exact) mass is 804 g/mol. The lowest BCUT2D eigenvalue weighted by Gasteiger charge is -2.05. The predicted molar refractivity (Wildman–Crippen MR) is 214 cm³/mol. The molecule has 0 aliphatic heterocycles. The summed E-state index contributed by atoms with van der Waals surface area (Å²) in [6, 6.07) is 28.7. The lowest BCUT2D eigenvalue weighted by Crippen LogP contribution is -2.13. The molecule has 0 saturated heterocycles. The van der Waals surface area contributed by atoms with E-state index < -0.39 is 23.9 Å². The molecule has 0 fully saturated rings. The zero-order valence-corrected chi connectivity index (χ0v) is 32.3. The highest BCUT2D eigenvalue weighted by molar-refractivity contribution is 5.96. The molecule has 0 atom stereocenters. The summed E-state index contributed by atoms with van der Waals surface area (Å²) in [6.45, 7) is 0. The number of hydrogen-bond acceptors (Lipinski definition) is 16. The van der Waals surface area contributed by atoms with E-state index in [9.17, 15) is 19.2 Å².